The number of hydrogen-bond acceptors (Lipinski definition) is 3. The molecule has 0 spiro atoms. The van der Waals surface area contributed by atoms with E-state index < -0.39 is 10.0 Å². The summed E-state index contributed by atoms with van der Waals surface area (Å²) in [5.41, 5.74) is 1.88. The fraction of sp³-hybridized carbons (Fsp3) is 0.261. The largest absolute Gasteiger partial charge is 0.311 e. The third kappa shape index (κ3) is 4.04. The van der Waals surface area contributed by atoms with E-state index in [1.54, 1.807) is 37.9 Å². The highest BCUT2D eigenvalue weighted by Crippen LogP contribution is 2.25. The summed E-state index contributed by atoms with van der Waals surface area (Å²) < 4.78 is 27.1. The average molecular weight is 411 g/mol. The van der Waals surface area contributed by atoms with Crippen LogP contribution < -0.4 is 4.90 Å². The Hall–Kier alpha value is -2.70. The summed E-state index contributed by atoms with van der Waals surface area (Å²) in [6.45, 7) is 6.18. The number of anilines is 1. The SMILES string of the molecule is CCN(CC)S(=O)(=O)c1ccc(C)c(C(=O)N(C)c2ccc3ccccc3c2)c1. The van der Waals surface area contributed by atoms with Crippen LogP contribution in [-0.4, -0.2) is 38.8 Å². The van der Waals surface area contributed by atoms with E-state index in [4.69, 9.17) is 0 Å². The Morgan fingerprint density at radius 1 is 0.897 bits per heavy atom. The third-order valence-electron chi connectivity index (χ3n) is 5.21. The van der Waals surface area contributed by atoms with Crippen molar-refractivity contribution in [2.75, 3.05) is 25.0 Å². The van der Waals surface area contributed by atoms with Crippen molar-refractivity contribution in [2.45, 2.75) is 25.7 Å². The standard InChI is InChI=1S/C23H26N2O3S/c1-5-25(6-2)29(27,28)21-14-11-17(3)22(16-21)23(26)24(4)20-13-12-18-9-7-8-10-19(18)15-20/h7-16H,5-6H2,1-4H3. The van der Waals surface area contributed by atoms with Gasteiger partial charge in [-0.25, -0.2) is 8.42 Å². The predicted molar refractivity (Wildman–Crippen MR) is 118 cm³/mol. The second-order valence-corrected chi connectivity index (χ2v) is 8.90. The maximum absolute atomic E-state index is 13.2. The molecule has 0 heterocycles. The van der Waals surface area contributed by atoms with Gasteiger partial charge in [0.2, 0.25) is 10.0 Å². The zero-order valence-electron chi connectivity index (χ0n) is 17.2. The van der Waals surface area contributed by atoms with Crippen molar-refractivity contribution in [1.29, 1.82) is 0 Å². The van der Waals surface area contributed by atoms with Crippen LogP contribution in [0.1, 0.15) is 29.8 Å². The number of hydrogen-bond donors (Lipinski definition) is 0. The Morgan fingerprint density at radius 3 is 2.21 bits per heavy atom. The molecule has 0 saturated heterocycles. The normalized spacial score (nSPS) is 11.8. The van der Waals surface area contributed by atoms with Gasteiger partial charge in [-0.3, -0.25) is 4.79 Å². The van der Waals surface area contributed by atoms with Gasteiger partial charge in [0, 0.05) is 31.4 Å². The lowest BCUT2D eigenvalue weighted by molar-refractivity contribution is 0.0992. The average Bonchev–Trinajstić information content (AvgIpc) is 2.73. The molecule has 0 bridgehead atoms. The van der Waals surface area contributed by atoms with E-state index in [9.17, 15) is 13.2 Å². The Balaban J connectivity index is 1.99. The van der Waals surface area contributed by atoms with Crippen LogP contribution in [0.5, 0.6) is 0 Å². The molecule has 3 aromatic carbocycles. The number of carbonyl (C=O) groups is 1. The first-order valence-electron chi connectivity index (χ1n) is 9.67. The molecule has 6 heteroatoms. The van der Waals surface area contributed by atoms with Crippen LogP contribution in [0.4, 0.5) is 5.69 Å². The van der Waals surface area contributed by atoms with Gasteiger partial charge in [0.15, 0.2) is 0 Å². The Kier molecular flexibility index (Phi) is 6.05. The number of sulfonamides is 1. The molecule has 0 N–H and O–H groups in total. The van der Waals surface area contributed by atoms with Crippen molar-refractivity contribution in [1.82, 2.24) is 4.31 Å². The first kappa shape index (κ1) is 21.0. The molecule has 0 aliphatic rings. The highest BCUT2D eigenvalue weighted by Gasteiger charge is 2.24. The molecule has 0 aromatic heterocycles. The lowest BCUT2D eigenvalue weighted by Gasteiger charge is -2.21. The summed E-state index contributed by atoms with van der Waals surface area (Å²) in [5.74, 6) is -0.241. The number of aryl methyl sites for hydroxylation is 1. The van der Waals surface area contributed by atoms with Gasteiger partial charge in [-0.15, -0.1) is 0 Å². The lowest BCUT2D eigenvalue weighted by Crippen LogP contribution is -2.31. The molecule has 5 nitrogen and oxygen atoms in total. The number of fused-ring (bicyclic) bond motifs is 1. The van der Waals surface area contributed by atoms with Gasteiger partial charge in [-0.1, -0.05) is 50.2 Å². The van der Waals surface area contributed by atoms with Gasteiger partial charge >= 0.3 is 0 Å². The van der Waals surface area contributed by atoms with Crippen LogP contribution in [0.3, 0.4) is 0 Å². The number of nitrogens with zero attached hydrogens (tertiary/aromatic N) is 2. The van der Waals surface area contributed by atoms with Crippen molar-refractivity contribution < 1.29 is 13.2 Å². The van der Waals surface area contributed by atoms with Gasteiger partial charge in [-0.2, -0.15) is 4.31 Å². The molecular formula is C23H26N2O3S. The second kappa shape index (κ2) is 8.35. The predicted octanol–water partition coefficient (Wildman–Crippen LogP) is 4.46. The molecule has 0 fully saturated rings. The first-order chi connectivity index (χ1) is 13.8. The van der Waals surface area contributed by atoms with Crippen LogP contribution in [0.2, 0.25) is 0 Å². The van der Waals surface area contributed by atoms with E-state index in [-0.39, 0.29) is 10.8 Å². The van der Waals surface area contributed by atoms with Crippen LogP contribution in [0.15, 0.2) is 65.6 Å². The van der Waals surface area contributed by atoms with E-state index in [0.717, 1.165) is 22.0 Å². The van der Waals surface area contributed by atoms with E-state index in [1.807, 2.05) is 49.4 Å². The molecule has 29 heavy (non-hydrogen) atoms. The molecule has 0 aliphatic heterocycles. The van der Waals surface area contributed by atoms with Gasteiger partial charge in [0.05, 0.1) is 4.90 Å². The third-order valence-corrected chi connectivity index (χ3v) is 7.25. The molecule has 3 aromatic rings. The summed E-state index contributed by atoms with van der Waals surface area (Å²) in [7, 11) is -1.92. The smallest absolute Gasteiger partial charge is 0.258 e. The molecule has 152 valence electrons. The van der Waals surface area contributed by atoms with E-state index in [1.165, 1.54) is 10.4 Å². The molecule has 1 amide bonds. The lowest BCUT2D eigenvalue weighted by atomic mass is 10.1. The molecule has 0 aliphatic carbocycles. The molecule has 0 radical (unpaired) electrons. The molecule has 0 saturated carbocycles. The van der Waals surface area contributed by atoms with Crippen molar-refractivity contribution in [3.05, 3.63) is 71.8 Å². The zero-order chi connectivity index (χ0) is 21.2. The van der Waals surface area contributed by atoms with Crippen molar-refractivity contribution in [3.63, 3.8) is 0 Å². The Bertz CT molecular complexity index is 1150. The van der Waals surface area contributed by atoms with Crippen molar-refractivity contribution >= 4 is 32.4 Å². The fourth-order valence-electron chi connectivity index (χ4n) is 3.39. The van der Waals surface area contributed by atoms with Crippen LogP contribution >= 0.6 is 0 Å². The molecular weight excluding hydrogens is 384 g/mol. The minimum absolute atomic E-state index is 0.141. The van der Waals surface area contributed by atoms with Crippen LogP contribution in [0.25, 0.3) is 10.8 Å². The molecule has 0 unspecified atom stereocenters. The number of carbonyl (C=O) groups excluding carboxylic acids is 1. The zero-order valence-corrected chi connectivity index (χ0v) is 18.0. The maximum atomic E-state index is 13.2. The summed E-state index contributed by atoms with van der Waals surface area (Å²) in [5, 5.41) is 2.14. The van der Waals surface area contributed by atoms with Gasteiger partial charge in [0.1, 0.15) is 0 Å². The van der Waals surface area contributed by atoms with E-state index >= 15 is 0 Å². The van der Waals surface area contributed by atoms with Crippen LogP contribution in [0, 0.1) is 6.92 Å². The number of benzene rings is 3. The van der Waals surface area contributed by atoms with Gasteiger partial charge < -0.3 is 4.90 Å². The number of rotatable bonds is 6. The highest BCUT2D eigenvalue weighted by atomic mass is 32.2. The second-order valence-electron chi connectivity index (χ2n) is 6.96. The van der Waals surface area contributed by atoms with E-state index in [0.29, 0.717) is 18.7 Å². The minimum Gasteiger partial charge on any atom is -0.311 e. The topological polar surface area (TPSA) is 57.7 Å². The summed E-state index contributed by atoms with van der Waals surface area (Å²) in [6, 6.07) is 18.5. The van der Waals surface area contributed by atoms with E-state index in [2.05, 4.69) is 0 Å². The minimum atomic E-state index is -3.63. The monoisotopic (exact) mass is 410 g/mol. The first-order valence-corrected chi connectivity index (χ1v) is 11.1. The maximum Gasteiger partial charge on any atom is 0.258 e. The van der Waals surface area contributed by atoms with Gasteiger partial charge in [0.25, 0.3) is 5.91 Å². The summed E-state index contributed by atoms with van der Waals surface area (Å²) >= 11 is 0. The fourth-order valence-corrected chi connectivity index (χ4v) is 4.87. The summed E-state index contributed by atoms with van der Waals surface area (Å²) in [4.78, 5) is 14.9. The van der Waals surface area contributed by atoms with Crippen molar-refractivity contribution in [2.24, 2.45) is 0 Å². The van der Waals surface area contributed by atoms with Crippen molar-refractivity contribution in [3.8, 4) is 0 Å². The Morgan fingerprint density at radius 2 is 1.55 bits per heavy atom. The Labute approximate surface area is 172 Å². The summed E-state index contributed by atoms with van der Waals surface area (Å²) in [6.07, 6.45) is 0. The quantitative estimate of drug-likeness (QED) is 0.603. The number of amides is 1. The molecule has 3 rings (SSSR count). The highest BCUT2D eigenvalue weighted by molar-refractivity contribution is 7.89. The van der Waals surface area contributed by atoms with Gasteiger partial charge in [-0.05, 0) is 47.5 Å². The molecule has 0 atom stereocenters. The van der Waals surface area contributed by atoms with Crippen LogP contribution in [-0.2, 0) is 10.0 Å².